The van der Waals surface area contributed by atoms with Gasteiger partial charge < -0.3 is 10.6 Å². The summed E-state index contributed by atoms with van der Waals surface area (Å²) in [6.07, 6.45) is -0.414. The number of carbonyl (C=O) groups is 4. The molecule has 8 heteroatoms. The van der Waals surface area contributed by atoms with Gasteiger partial charge in [-0.05, 0) is 57.8 Å². The summed E-state index contributed by atoms with van der Waals surface area (Å²) in [5.74, 6) is -1.32. The van der Waals surface area contributed by atoms with Crippen molar-refractivity contribution >= 4 is 66.6 Å². The topological polar surface area (TPSA) is 92.3 Å². The molecule has 0 bridgehead atoms. The monoisotopic (exact) mass is 432 g/mol. The number of hydrogen-bond acceptors (Lipinski definition) is 4. The summed E-state index contributed by atoms with van der Waals surface area (Å²) in [7, 11) is 0. The van der Waals surface area contributed by atoms with Crippen LogP contribution in [-0.2, 0) is 19.2 Å². The van der Waals surface area contributed by atoms with Crippen molar-refractivity contribution < 1.29 is 19.2 Å². The Hall–Kier alpha value is -1.54. The second-order valence-corrected chi connectivity index (χ2v) is 6.38. The van der Waals surface area contributed by atoms with E-state index in [0.29, 0.717) is 20.3 Å². The van der Waals surface area contributed by atoms with E-state index in [1.807, 2.05) is 0 Å². The fraction of sp³-hybridized carbons (Fsp3) is 0.286. The van der Waals surface area contributed by atoms with Crippen LogP contribution in [0.5, 0.6) is 0 Å². The minimum atomic E-state index is -0.428. The second-order valence-electron chi connectivity index (χ2n) is 4.67. The summed E-state index contributed by atoms with van der Waals surface area (Å²) in [6, 6.07) is 3.18. The maximum atomic E-state index is 11.6. The Kier molecular flexibility index (Phi) is 6.89. The summed E-state index contributed by atoms with van der Waals surface area (Å²) in [5, 5.41) is 5.18. The maximum Gasteiger partial charge on any atom is 0.231 e. The molecular formula is C14H14Br2N2O4. The first kappa shape index (κ1) is 18.5. The first-order chi connectivity index (χ1) is 10.2. The number of anilines is 2. The van der Waals surface area contributed by atoms with Gasteiger partial charge in [0, 0.05) is 14.6 Å². The number of halogens is 2. The summed E-state index contributed by atoms with van der Waals surface area (Å²) in [4.78, 5) is 45.0. The van der Waals surface area contributed by atoms with Gasteiger partial charge in [0.25, 0.3) is 0 Å². The minimum absolute atomic E-state index is 0.202. The zero-order valence-corrected chi connectivity index (χ0v) is 15.1. The standard InChI is InChI=1S/C14H14Br2N2O4/c1-7(19)3-12(21)17-9-5-10(15)14(11(16)6-9)18-13(22)4-8(2)20/h5-6H,3-4H2,1-2H3,(H,17,21)(H,18,22). The van der Waals surface area contributed by atoms with E-state index >= 15 is 0 Å². The van der Waals surface area contributed by atoms with Crippen LogP contribution < -0.4 is 10.6 Å². The number of hydrogen-bond donors (Lipinski definition) is 2. The molecule has 0 fully saturated rings. The van der Waals surface area contributed by atoms with E-state index in [1.165, 1.54) is 13.8 Å². The predicted molar refractivity (Wildman–Crippen MR) is 89.7 cm³/mol. The van der Waals surface area contributed by atoms with Gasteiger partial charge in [0.2, 0.25) is 11.8 Å². The van der Waals surface area contributed by atoms with Gasteiger partial charge in [0.05, 0.1) is 18.5 Å². The molecule has 22 heavy (non-hydrogen) atoms. The first-order valence-corrected chi connectivity index (χ1v) is 7.85. The van der Waals surface area contributed by atoms with Gasteiger partial charge in [0.1, 0.15) is 11.6 Å². The lowest BCUT2D eigenvalue weighted by Gasteiger charge is -2.12. The predicted octanol–water partition coefficient (Wildman–Crippen LogP) is 3.05. The lowest BCUT2D eigenvalue weighted by molar-refractivity contribution is -0.125. The van der Waals surface area contributed by atoms with Crippen LogP contribution in [0.15, 0.2) is 21.1 Å². The van der Waals surface area contributed by atoms with Crippen molar-refractivity contribution in [1.82, 2.24) is 0 Å². The number of nitrogens with one attached hydrogen (secondary N) is 2. The third kappa shape index (κ3) is 6.07. The van der Waals surface area contributed by atoms with E-state index in [9.17, 15) is 19.2 Å². The smallest absolute Gasteiger partial charge is 0.231 e. The molecule has 0 aliphatic carbocycles. The van der Waals surface area contributed by atoms with Crippen LogP contribution in [0.1, 0.15) is 26.7 Å². The van der Waals surface area contributed by atoms with Crippen molar-refractivity contribution in [2.75, 3.05) is 10.6 Å². The highest BCUT2D eigenvalue weighted by Crippen LogP contribution is 2.34. The van der Waals surface area contributed by atoms with Crippen LogP contribution in [0.2, 0.25) is 0 Å². The Labute approximate surface area is 144 Å². The van der Waals surface area contributed by atoms with Crippen molar-refractivity contribution in [3.63, 3.8) is 0 Å². The number of Topliss-reactive ketones (excluding diaryl/α,β-unsaturated/α-hetero) is 2. The Morgan fingerprint density at radius 1 is 0.864 bits per heavy atom. The molecule has 0 heterocycles. The van der Waals surface area contributed by atoms with E-state index in [-0.39, 0.29) is 24.4 Å². The molecule has 0 unspecified atom stereocenters. The van der Waals surface area contributed by atoms with Gasteiger partial charge in [-0.3, -0.25) is 19.2 Å². The van der Waals surface area contributed by atoms with Gasteiger partial charge in [-0.15, -0.1) is 0 Å². The molecule has 0 saturated heterocycles. The molecule has 0 aliphatic heterocycles. The van der Waals surface area contributed by atoms with E-state index in [1.54, 1.807) is 12.1 Å². The molecule has 0 spiro atoms. The lowest BCUT2D eigenvalue weighted by atomic mass is 10.2. The van der Waals surface area contributed by atoms with Gasteiger partial charge in [-0.2, -0.15) is 0 Å². The molecule has 0 radical (unpaired) electrons. The minimum Gasteiger partial charge on any atom is -0.326 e. The summed E-state index contributed by atoms with van der Waals surface area (Å²) >= 11 is 6.57. The summed E-state index contributed by atoms with van der Waals surface area (Å²) in [6.45, 7) is 2.66. The molecule has 0 aromatic heterocycles. The first-order valence-electron chi connectivity index (χ1n) is 6.26. The van der Waals surface area contributed by atoms with Crippen LogP contribution in [-0.4, -0.2) is 23.4 Å². The molecule has 0 saturated carbocycles. The van der Waals surface area contributed by atoms with Crippen LogP contribution in [0, 0.1) is 0 Å². The van der Waals surface area contributed by atoms with E-state index in [2.05, 4.69) is 42.5 Å². The van der Waals surface area contributed by atoms with E-state index < -0.39 is 11.8 Å². The number of amides is 2. The molecule has 2 N–H and O–H groups in total. The van der Waals surface area contributed by atoms with Crippen LogP contribution in [0.4, 0.5) is 11.4 Å². The SMILES string of the molecule is CC(=O)CC(=O)Nc1cc(Br)c(NC(=O)CC(C)=O)c(Br)c1. The zero-order chi connectivity index (χ0) is 16.9. The zero-order valence-electron chi connectivity index (χ0n) is 12.0. The van der Waals surface area contributed by atoms with Crippen LogP contribution >= 0.6 is 31.9 Å². The Bertz CT molecular complexity index is 621. The number of rotatable bonds is 6. The molecule has 1 rings (SSSR count). The third-order valence-electron chi connectivity index (χ3n) is 2.41. The fourth-order valence-corrected chi connectivity index (χ4v) is 2.99. The molecule has 0 atom stereocenters. The van der Waals surface area contributed by atoms with Gasteiger partial charge >= 0.3 is 0 Å². The fourth-order valence-electron chi connectivity index (χ4n) is 1.61. The second kappa shape index (κ2) is 8.19. The van der Waals surface area contributed by atoms with Crippen molar-refractivity contribution in [3.05, 3.63) is 21.1 Å². The van der Waals surface area contributed by atoms with Crippen molar-refractivity contribution in [2.24, 2.45) is 0 Å². The lowest BCUT2D eigenvalue weighted by Crippen LogP contribution is -2.16. The van der Waals surface area contributed by atoms with Crippen LogP contribution in [0.25, 0.3) is 0 Å². The Balaban J connectivity index is 2.88. The van der Waals surface area contributed by atoms with E-state index in [4.69, 9.17) is 0 Å². The van der Waals surface area contributed by atoms with Crippen molar-refractivity contribution in [2.45, 2.75) is 26.7 Å². The number of benzene rings is 1. The average molecular weight is 434 g/mol. The van der Waals surface area contributed by atoms with Crippen molar-refractivity contribution in [1.29, 1.82) is 0 Å². The van der Waals surface area contributed by atoms with E-state index in [0.717, 1.165) is 0 Å². The molecule has 118 valence electrons. The highest BCUT2D eigenvalue weighted by Gasteiger charge is 2.14. The van der Waals surface area contributed by atoms with Gasteiger partial charge in [0.15, 0.2) is 0 Å². The Morgan fingerprint density at radius 3 is 1.68 bits per heavy atom. The summed E-state index contributed by atoms with van der Waals surface area (Å²) < 4.78 is 1.05. The van der Waals surface area contributed by atoms with Crippen LogP contribution in [0.3, 0.4) is 0 Å². The third-order valence-corrected chi connectivity index (χ3v) is 3.66. The largest absolute Gasteiger partial charge is 0.326 e. The highest BCUT2D eigenvalue weighted by molar-refractivity contribution is 9.11. The van der Waals surface area contributed by atoms with Crippen molar-refractivity contribution in [3.8, 4) is 0 Å². The van der Waals surface area contributed by atoms with Gasteiger partial charge in [-0.1, -0.05) is 0 Å². The molecule has 2 amide bonds. The number of ketones is 2. The number of carbonyl (C=O) groups excluding carboxylic acids is 4. The maximum absolute atomic E-state index is 11.6. The van der Waals surface area contributed by atoms with Gasteiger partial charge in [-0.25, -0.2) is 0 Å². The average Bonchev–Trinajstić information content (AvgIpc) is 2.31. The summed E-state index contributed by atoms with van der Waals surface area (Å²) in [5.41, 5.74) is 0.922. The molecule has 1 aromatic carbocycles. The molecular weight excluding hydrogens is 420 g/mol. The normalized spacial score (nSPS) is 10.0. The highest BCUT2D eigenvalue weighted by atomic mass is 79.9. The molecule has 6 nitrogen and oxygen atoms in total. The molecule has 0 aliphatic rings. The Morgan fingerprint density at radius 2 is 1.27 bits per heavy atom. The quantitative estimate of drug-likeness (QED) is 0.674. The molecule has 1 aromatic rings.